The Morgan fingerprint density at radius 3 is 2.94 bits per heavy atom. The molecule has 3 heteroatoms. The molecule has 1 aromatic rings. The average molecular weight is 218 g/mol. The Kier molecular flexibility index (Phi) is 4.58. The molecule has 0 aliphatic heterocycles. The van der Waals surface area contributed by atoms with E-state index >= 15 is 0 Å². The number of allylic oxidation sites excluding steroid dienone is 1. The normalized spacial score (nSPS) is 10.4. The lowest BCUT2D eigenvalue weighted by molar-refractivity contribution is 0.167. The van der Waals surface area contributed by atoms with Crippen molar-refractivity contribution in [2.75, 3.05) is 18.6 Å². The number of carbonyl (C=O) groups excluding carboxylic acids is 1. The summed E-state index contributed by atoms with van der Waals surface area (Å²) >= 11 is 0. The quantitative estimate of drug-likeness (QED) is 0.730. The van der Waals surface area contributed by atoms with E-state index in [2.05, 4.69) is 6.07 Å². The minimum absolute atomic E-state index is 0.301. The largest absolute Gasteiger partial charge is 0.445 e. The number of carbonyl (C=O) groups is 1. The summed E-state index contributed by atoms with van der Waals surface area (Å²) in [5, 5.41) is 0. The van der Waals surface area contributed by atoms with E-state index in [9.17, 15) is 4.79 Å². The Bertz CT molecular complexity index is 385. The second-order valence-corrected chi connectivity index (χ2v) is 3.47. The molecule has 1 amide bonds. The Morgan fingerprint density at radius 1 is 1.56 bits per heavy atom. The molecule has 0 unspecified atom stereocenters. The fourth-order valence-corrected chi connectivity index (χ4v) is 1.19. The maximum atomic E-state index is 11.6. The van der Waals surface area contributed by atoms with E-state index < -0.39 is 0 Å². The number of aryl methyl sites for hydroxylation is 1. The van der Waals surface area contributed by atoms with Gasteiger partial charge < -0.3 is 4.74 Å². The monoisotopic (exact) mass is 218 g/mol. The molecule has 0 fully saturated rings. The topological polar surface area (TPSA) is 29.5 Å². The fourth-order valence-electron chi connectivity index (χ4n) is 1.19. The summed E-state index contributed by atoms with van der Waals surface area (Å²) in [7, 11) is 1.68. The molecule has 0 atom stereocenters. The number of benzene rings is 1. The maximum Gasteiger partial charge on any atom is 0.414 e. The number of hydrogen-bond donors (Lipinski definition) is 0. The Hall–Kier alpha value is -1.77. The molecule has 0 spiro atoms. The van der Waals surface area contributed by atoms with Gasteiger partial charge in [-0.15, -0.1) is 0 Å². The SMILES string of the molecule is CC=CCOC(=O)N(C)c1c[c]cc(C)c1. The third-order valence-corrected chi connectivity index (χ3v) is 2.12. The van der Waals surface area contributed by atoms with Gasteiger partial charge in [0.25, 0.3) is 0 Å². The number of amides is 1. The van der Waals surface area contributed by atoms with Crippen LogP contribution in [0.25, 0.3) is 0 Å². The van der Waals surface area contributed by atoms with Crippen LogP contribution >= 0.6 is 0 Å². The molecule has 16 heavy (non-hydrogen) atoms. The van der Waals surface area contributed by atoms with E-state index in [0.717, 1.165) is 11.3 Å². The molecular weight excluding hydrogens is 202 g/mol. The summed E-state index contributed by atoms with van der Waals surface area (Å²) in [6, 6.07) is 8.50. The first-order valence-electron chi connectivity index (χ1n) is 5.14. The van der Waals surface area contributed by atoms with Crippen LogP contribution in [0.4, 0.5) is 10.5 Å². The summed E-state index contributed by atoms with van der Waals surface area (Å²) in [6.45, 7) is 4.14. The zero-order valence-corrected chi connectivity index (χ0v) is 9.86. The van der Waals surface area contributed by atoms with Gasteiger partial charge in [-0.3, -0.25) is 4.90 Å². The van der Waals surface area contributed by atoms with Crippen LogP contribution in [0.2, 0.25) is 0 Å². The van der Waals surface area contributed by atoms with Crippen LogP contribution in [-0.2, 0) is 4.74 Å². The van der Waals surface area contributed by atoms with Gasteiger partial charge in [0, 0.05) is 12.7 Å². The van der Waals surface area contributed by atoms with Crippen molar-refractivity contribution in [3.63, 3.8) is 0 Å². The van der Waals surface area contributed by atoms with Gasteiger partial charge in [0.1, 0.15) is 6.61 Å². The first-order valence-corrected chi connectivity index (χ1v) is 5.14. The van der Waals surface area contributed by atoms with Crippen molar-refractivity contribution in [2.45, 2.75) is 13.8 Å². The van der Waals surface area contributed by atoms with Crippen LogP contribution < -0.4 is 4.90 Å². The lowest BCUT2D eigenvalue weighted by Crippen LogP contribution is -2.27. The van der Waals surface area contributed by atoms with Crippen LogP contribution in [0.1, 0.15) is 12.5 Å². The molecule has 0 aromatic heterocycles. The van der Waals surface area contributed by atoms with Crippen molar-refractivity contribution in [1.29, 1.82) is 0 Å². The first-order chi connectivity index (χ1) is 7.65. The van der Waals surface area contributed by atoms with Gasteiger partial charge in [-0.1, -0.05) is 18.2 Å². The van der Waals surface area contributed by atoms with Gasteiger partial charge in [-0.2, -0.15) is 0 Å². The molecule has 0 bridgehead atoms. The van der Waals surface area contributed by atoms with Crippen molar-refractivity contribution in [1.82, 2.24) is 0 Å². The average Bonchev–Trinajstić information content (AvgIpc) is 2.28. The number of nitrogens with zero attached hydrogens (tertiary/aromatic N) is 1. The molecule has 85 valence electrons. The molecular formula is C13H16NO2. The highest BCUT2D eigenvalue weighted by Gasteiger charge is 2.11. The standard InChI is InChI=1S/C13H16NO2/c1-4-5-9-16-13(15)14(3)12-8-6-7-11(2)10-12/h4-5,7-8,10H,9H2,1-3H3. The highest BCUT2D eigenvalue weighted by Crippen LogP contribution is 2.14. The summed E-state index contributed by atoms with van der Waals surface area (Å²) < 4.78 is 5.02. The summed E-state index contributed by atoms with van der Waals surface area (Å²) in [5.74, 6) is 0. The summed E-state index contributed by atoms with van der Waals surface area (Å²) in [5.41, 5.74) is 1.84. The van der Waals surface area contributed by atoms with Crippen LogP contribution in [0.15, 0.2) is 30.4 Å². The van der Waals surface area contributed by atoms with E-state index in [1.165, 1.54) is 4.90 Å². The van der Waals surface area contributed by atoms with Crippen LogP contribution in [0, 0.1) is 13.0 Å². The van der Waals surface area contributed by atoms with Gasteiger partial charge in [0.15, 0.2) is 0 Å². The second kappa shape index (κ2) is 5.95. The van der Waals surface area contributed by atoms with E-state index in [-0.39, 0.29) is 6.09 Å². The van der Waals surface area contributed by atoms with E-state index in [1.807, 2.05) is 32.1 Å². The van der Waals surface area contributed by atoms with Crippen LogP contribution in [0.5, 0.6) is 0 Å². The molecule has 3 nitrogen and oxygen atoms in total. The van der Waals surface area contributed by atoms with E-state index in [1.54, 1.807) is 19.2 Å². The van der Waals surface area contributed by atoms with Gasteiger partial charge >= 0.3 is 6.09 Å². The van der Waals surface area contributed by atoms with Gasteiger partial charge in [0.2, 0.25) is 0 Å². The molecule has 1 radical (unpaired) electrons. The lowest BCUT2D eigenvalue weighted by atomic mass is 10.2. The van der Waals surface area contributed by atoms with Gasteiger partial charge in [-0.05, 0) is 37.6 Å². The maximum absolute atomic E-state index is 11.6. The molecule has 0 aliphatic carbocycles. The highest BCUT2D eigenvalue weighted by atomic mass is 16.6. The molecule has 0 saturated heterocycles. The predicted octanol–water partition coefficient (Wildman–Crippen LogP) is 2.94. The minimum atomic E-state index is -0.364. The predicted molar refractivity (Wildman–Crippen MR) is 64.6 cm³/mol. The number of hydrogen-bond acceptors (Lipinski definition) is 2. The molecule has 0 N–H and O–H groups in total. The highest BCUT2D eigenvalue weighted by molar-refractivity contribution is 5.87. The third-order valence-electron chi connectivity index (χ3n) is 2.12. The molecule has 1 aromatic carbocycles. The molecule has 0 aliphatic rings. The van der Waals surface area contributed by atoms with Crippen molar-refractivity contribution < 1.29 is 9.53 Å². The van der Waals surface area contributed by atoms with Crippen molar-refractivity contribution in [3.8, 4) is 0 Å². The summed E-state index contributed by atoms with van der Waals surface area (Å²) in [4.78, 5) is 13.1. The van der Waals surface area contributed by atoms with Crippen LogP contribution in [0.3, 0.4) is 0 Å². The van der Waals surface area contributed by atoms with Gasteiger partial charge in [-0.25, -0.2) is 4.79 Å². The lowest BCUT2D eigenvalue weighted by Gasteiger charge is -2.16. The molecule has 0 saturated carbocycles. The summed E-state index contributed by atoms with van der Waals surface area (Å²) in [6.07, 6.45) is 3.26. The first kappa shape index (κ1) is 12.3. The van der Waals surface area contributed by atoms with E-state index in [0.29, 0.717) is 6.61 Å². The second-order valence-electron chi connectivity index (χ2n) is 3.47. The van der Waals surface area contributed by atoms with Crippen LogP contribution in [-0.4, -0.2) is 19.7 Å². The zero-order valence-electron chi connectivity index (χ0n) is 9.86. The van der Waals surface area contributed by atoms with Gasteiger partial charge in [0.05, 0.1) is 0 Å². The van der Waals surface area contributed by atoms with Crippen molar-refractivity contribution in [3.05, 3.63) is 42.0 Å². The smallest absolute Gasteiger partial charge is 0.414 e. The number of rotatable bonds is 3. The van der Waals surface area contributed by atoms with E-state index in [4.69, 9.17) is 4.74 Å². The fraction of sp³-hybridized carbons (Fsp3) is 0.308. The van der Waals surface area contributed by atoms with Crippen molar-refractivity contribution in [2.24, 2.45) is 0 Å². The Balaban J connectivity index is 2.63. The zero-order chi connectivity index (χ0) is 12.0. The minimum Gasteiger partial charge on any atom is -0.445 e. The Labute approximate surface area is 96.3 Å². The molecule has 1 rings (SSSR count). The number of anilines is 1. The third kappa shape index (κ3) is 3.42. The Morgan fingerprint density at radius 2 is 2.31 bits per heavy atom. The number of ether oxygens (including phenoxy) is 1. The van der Waals surface area contributed by atoms with Crippen molar-refractivity contribution >= 4 is 11.8 Å². The molecule has 0 heterocycles.